The van der Waals surface area contributed by atoms with Crippen molar-refractivity contribution in [3.8, 4) is 11.4 Å². The normalized spacial score (nSPS) is 18.0. The Hall–Kier alpha value is -3.29. The van der Waals surface area contributed by atoms with Gasteiger partial charge in [-0.05, 0) is 69.7 Å². The van der Waals surface area contributed by atoms with E-state index in [1.54, 1.807) is 9.80 Å². The molecular weight excluding hydrogens is 442 g/mol. The number of nitrogens with one attached hydrogen (secondary N) is 2. The van der Waals surface area contributed by atoms with Crippen molar-refractivity contribution in [2.24, 2.45) is 5.41 Å². The van der Waals surface area contributed by atoms with Gasteiger partial charge in [0.25, 0.3) is 5.91 Å². The maximum absolute atomic E-state index is 13.2. The summed E-state index contributed by atoms with van der Waals surface area (Å²) in [4.78, 5) is 32.5. The molecule has 3 aromatic rings. The van der Waals surface area contributed by atoms with Crippen LogP contribution in [0.3, 0.4) is 0 Å². The molecule has 1 fully saturated rings. The Balaban J connectivity index is 1.29. The van der Waals surface area contributed by atoms with Gasteiger partial charge in [-0.15, -0.1) is 0 Å². The molecule has 1 saturated heterocycles. The van der Waals surface area contributed by atoms with Crippen molar-refractivity contribution in [1.82, 2.24) is 25.0 Å². The predicted octanol–water partition coefficient (Wildman–Crippen LogP) is 4.77. The zero-order valence-corrected chi connectivity index (χ0v) is 21.3. The van der Waals surface area contributed by atoms with Crippen LogP contribution in [-0.2, 0) is 17.6 Å². The van der Waals surface area contributed by atoms with Crippen molar-refractivity contribution in [2.75, 3.05) is 26.2 Å². The number of hydrogen-bond acceptors (Lipinski definition) is 4. The first kappa shape index (κ1) is 23.5. The second-order valence-electron chi connectivity index (χ2n) is 11.6. The lowest BCUT2D eigenvalue weighted by molar-refractivity contribution is 0.0141. The van der Waals surface area contributed by atoms with Gasteiger partial charge < -0.3 is 19.5 Å². The molecule has 1 aromatic carbocycles. The monoisotopic (exact) mass is 477 g/mol. The summed E-state index contributed by atoms with van der Waals surface area (Å²) in [6.45, 7) is 12.1. The fourth-order valence-electron chi connectivity index (χ4n) is 5.06. The highest BCUT2D eigenvalue weighted by Gasteiger charge is 2.30. The summed E-state index contributed by atoms with van der Waals surface area (Å²) in [5, 5.41) is 8.87. The third-order valence-corrected chi connectivity index (χ3v) is 7.00. The molecule has 1 aliphatic heterocycles. The van der Waals surface area contributed by atoms with Gasteiger partial charge in [0, 0.05) is 53.9 Å². The Kier molecular flexibility index (Phi) is 5.65. The first-order valence-electron chi connectivity index (χ1n) is 12.5. The van der Waals surface area contributed by atoms with Crippen molar-refractivity contribution >= 4 is 22.9 Å². The van der Waals surface area contributed by atoms with E-state index in [0.717, 1.165) is 41.6 Å². The number of ether oxygens (including phenoxy) is 1. The molecule has 8 heteroatoms. The van der Waals surface area contributed by atoms with Gasteiger partial charge in [0.05, 0.1) is 5.69 Å². The average Bonchev–Trinajstić information content (AvgIpc) is 3.39. The van der Waals surface area contributed by atoms with Crippen LogP contribution in [0.1, 0.15) is 62.7 Å². The van der Waals surface area contributed by atoms with Crippen LogP contribution in [0.15, 0.2) is 24.3 Å². The number of carbonyl (C=O) groups excluding carboxylic acids is 2. The topological polar surface area (TPSA) is 94.3 Å². The number of H-pyrrole nitrogens is 2. The largest absolute Gasteiger partial charge is 0.444 e. The van der Waals surface area contributed by atoms with Crippen LogP contribution in [0.2, 0.25) is 0 Å². The fourth-order valence-corrected chi connectivity index (χ4v) is 5.06. The van der Waals surface area contributed by atoms with E-state index in [1.165, 1.54) is 11.3 Å². The van der Waals surface area contributed by atoms with E-state index < -0.39 is 5.60 Å². The number of fused-ring (bicyclic) bond motifs is 2. The molecule has 0 saturated carbocycles. The Morgan fingerprint density at radius 1 is 1.06 bits per heavy atom. The van der Waals surface area contributed by atoms with E-state index in [2.05, 4.69) is 35.1 Å². The quantitative estimate of drug-likeness (QED) is 0.556. The molecular formula is C27H35N5O3. The second-order valence-corrected chi connectivity index (χ2v) is 11.6. The van der Waals surface area contributed by atoms with Crippen molar-refractivity contribution in [3.05, 3.63) is 41.1 Å². The molecule has 8 nitrogen and oxygen atoms in total. The molecule has 186 valence electrons. The van der Waals surface area contributed by atoms with E-state index in [1.807, 2.05) is 39.0 Å². The lowest BCUT2D eigenvalue weighted by Crippen LogP contribution is -2.51. The molecule has 0 spiro atoms. The summed E-state index contributed by atoms with van der Waals surface area (Å²) >= 11 is 0. The van der Waals surface area contributed by atoms with E-state index in [0.29, 0.717) is 37.2 Å². The molecule has 2 aliphatic rings. The Bertz CT molecular complexity index is 1270. The Labute approximate surface area is 206 Å². The third-order valence-electron chi connectivity index (χ3n) is 7.00. The van der Waals surface area contributed by atoms with Crippen molar-refractivity contribution < 1.29 is 14.3 Å². The van der Waals surface area contributed by atoms with E-state index in [9.17, 15) is 9.59 Å². The number of carbonyl (C=O) groups is 2. The van der Waals surface area contributed by atoms with Crippen LogP contribution in [-0.4, -0.2) is 68.8 Å². The van der Waals surface area contributed by atoms with Crippen LogP contribution in [0.4, 0.5) is 4.79 Å². The summed E-state index contributed by atoms with van der Waals surface area (Å²) in [6.07, 6.45) is 2.85. The molecule has 2 N–H and O–H groups in total. The number of aromatic nitrogens is 3. The van der Waals surface area contributed by atoms with Crippen molar-refractivity contribution in [1.29, 1.82) is 0 Å². The number of piperazine rings is 1. The van der Waals surface area contributed by atoms with Gasteiger partial charge >= 0.3 is 6.09 Å². The highest BCUT2D eigenvalue weighted by molar-refractivity contribution is 5.99. The molecule has 0 bridgehead atoms. The zero-order valence-electron chi connectivity index (χ0n) is 21.3. The van der Waals surface area contributed by atoms with Crippen LogP contribution in [0.5, 0.6) is 0 Å². The molecule has 35 heavy (non-hydrogen) atoms. The number of hydrogen-bond donors (Lipinski definition) is 2. The van der Waals surface area contributed by atoms with Crippen LogP contribution < -0.4 is 0 Å². The summed E-state index contributed by atoms with van der Waals surface area (Å²) < 4.78 is 5.46. The Morgan fingerprint density at radius 2 is 1.77 bits per heavy atom. The first-order valence-corrected chi connectivity index (χ1v) is 12.5. The molecule has 0 unspecified atom stereocenters. The number of benzene rings is 1. The van der Waals surface area contributed by atoms with Gasteiger partial charge in [-0.2, -0.15) is 5.10 Å². The fraction of sp³-hybridized carbons (Fsp3) is 0.519. The number of amides is 2. The zero-order chi connectivity index (χ0) is 25.0. The molecule has 1 aliphatic carbocycles. The predicted molar refractivity (Wildman–Crippen MR) is 135 cm³/mol. The van der Waals surface area contributed by atoms with Crippen molar-refractivity contribution in [3.63, 3.8) is 0 Å². The van der Waals surface area contributed by atoms with Crippen molar-refractivity contribution in [2.45, 2.75) is 59.5 Å². The molecule has 3 heterocycles. The number of rotatable bonds is 2. The summed E-state index contributed by atoms with van der Waals surface area (Å²) in [5.41, 5.74) is 5.90. The van der Waals surface area contributed by atoms with Gasteiger partial charge in [-0.3, -0.25) is 9.89 Å². The number of nitrogens with zero attached hydrogens (tertiary/aromatic N) is 3. The molecule has 2 amide bonds. The smallest absolute Gasteiger partial charge is 0.410 e. The summed E-state index contributed by atoms with van der Waals surface area (Å²) in [6, 6.07) is 7.86. The van der Waals surface area contributed by atoms with Gasteiger partial charge in [0.15, 0.2) is 0 Å². The maximum atomic E-state index is 13.2. The molecule has 2 aromatic heterocycles. The van der Waals surface area contributed by atoms with Gasteiger partial charge in [0.2, 0.25) is 0 Å². The van der Waals surface area contributed by atoms with E-state index >= 15 is 0 Å². The SMILES string of the molecule is CC1(C)CCc2c(-c3cc4cc(C(=O)N5CCN(C(=O)OC(C)(C)C)CC5)ccc4[nH]3)n[nH]c2C1. The van der Waals surface area contributed by atoms with Crippen LogP contribution in [0, 0.1) is 5.41 Å². The van der Waals surface area contributed by atoms with Gasteiger partial charge in [-0.1, -0.05) is 13.8 Å². The molecule has 0 radical (unpaired) electrons. The highest BCUT2D eigenvalue weighted by Crippen LogP contribution is 2.38. The minimum atomic E-state index is -0.527. The number of aromatic amines is 2. The standard InChI is InChI=1S/C27H35N5O3/c1-26(2,3)35-25(34)32-12-10-31(11-13-32)24(33)17-6-7-20-18(14-17)15-21(28-20)23-19-8-9-27(4,5)16-22(19)29-30-23/h6-7,14-15,28H,8-13,16H2,1-5H3,(H,29,30). The first-order chi connectivity index (χ1) is 16.5. The van der Waals surface area contributed by atoms with E-state index in [-0.39, 0.29) is 12.0 Å². The lowest BCUT2D eigenvalue weighted by atomic mass is 9.76. The van der Waals surface area contributed by atoms with Crippen LogP contribution in [0.25, 0.3) is 22.3 Å². The van der Waals surface area contributed by atoms with Gasteiger partial charge in [-0.25, -0.2) is 4.79 Å². The van der Waals surface area contributed by atoms with Gasteiger partial charge in [0.1, 0.15) is 11.3 Å². The maximum Gasteiger partial charge on any atom is 0.410 e. The molecule has 5 rings (SSSR count). The summed E-state index contributed by atoms with van der Waals surface area (Å²) in [5.74, 6) is -0.0159. The third kappa shape index (κ3) is 4.79. The highest BCUT2D eigenvalue weighted by atomic mass is 16.6. The molecule has 0 atom stereocenters. The Morgan fingerprint density at radius 3 is 2.49 bits per heavy atom. The minimum absolute atomic E-state index is 0.0159. The minimum Gasteiger partial charge on any atom is -0.444 e. The summed E-state index contributed by atoms with van der Waals surface area (Å²) in [7, 11) is 0. The average molecular weight is 478 g/mol. The van der Waals surface area contributed by atoms with Crippen LogP contribution >= 0.6 is 0 Å². The lowest BCUT2D eigenvalue weighted by Gasteiger charge is -2.35. The second kappa shape index (κ2) is 8.43. The van der Waals surface area contributed by atoms with E-state index in [4.69, 9.17) is 4.74 Å².